The lowest BCUT2D eigenvalue weighted by Gasteiger charge is -2.20. The minimum absolute atomic E-state index is 0.105. The highest BCUT2D eigenvalue weighted by molar-refractivity contribution is 6.31. The fourth-order valence-electron chi connectivity index (χ4n) is 1.68. The number of anilines is 1. The molecule has 0 spiro atoms. The molecule has 1 atom stereocenters. The summed E-state index contributed by atoms with van der Waals surface area (Å²) in [4.78, 5) is 13.1. The van der Waals surface area contributed by atoms with E-state index in [9.17, 15) is 4.79 Å². The maximum absolute atomic E-state index is 11.5. The van der Waals surface area contributed by atoms with E-state index in [0.717, 1.165) is 11.3 Å². The maximum atomic E-state index is 11.5. The third kappa shape index (κ3) is 1.86. The third-order valence-corrected chi connectivity index (χ3v) is 3.07. The number of cyclic esters (lactones) is 1. The summed E-state index contributed by atoms with van der Waals surface area (Å²) in [7, 11) is 0. The predicted molar refractivity (Wildman–Crippen MR) is 62.9 cm³/mol. The number of halogens is 1. The number of nitrogens with two attached hydrogens (primary N) is 1. The van der Waals surface area contributed by atoms with Crippen LogP contribution in [0.1, 0.15) is 5.56 Å². The van der Waals surface area contributed by atoms with Crippen LogP contribution in [0.3, 0.4) is 0 Å². The molecule has 1 amide bonds. The summed E-state index contributed by atoms with van der Waals surface area (Å²) in [5.41, 5.74) is 7.29. The molecule has 2 rings (SSSR count). The highest BCUT2D eigenvalue weighted by atomic mass is 35.5. The number of benzene rings is 1. The van der Waals surface area contributed by atoms with Gasteiger partial charge in [0.15, 0.2) is 0 Å². The molecular formula is C11H13ClN2O2. The van der Waals surface area contributed by atoms with Crippen molar-refractivity contribution in [1.82, 2.24) is 0 Å². The first-order valence-corrected chi connectivity index (χ1v) is 5.43. The molecule has 1 aliphatic heterocycles. The van der Waals surface area contributed by atoms with Gasteiger partial charge in [-0.1, -0.05) is 17.7 Å². The Morgan fingerprint density at radius 2 is 2.38 bits per heavy atom. The SMILES string of the molecule is Cc1ccc(N2C(=O)OCC2CN)cc1Cl. The van der Waals surface area contributed by atoms with Gasteiger partial charge in [-0.2, -0.15) is 0 Å². The largest absolute Gasteiger partial charge is 0.447 e. The number of rotatable bonds is 2. The molecule has 1 saturated heterocycles. The molecule has 4 nitrogen and oxygen atoms in total. The molecule has 86 valence electrons. The standard InChI is InChI=1S/C11H13ClN2O2/c1-7-2-3-8(4-10(7)12)14-9(5-13)6-16-11(14)15/h2-4,9H,5-6,13H2,1H3. The van der Waals surface area contributed by atoms with Crippen LogP contribution in [0.25, 0.3) is 0 Å². The summed E-state index contributed by atoms with van der Waals surface area (Å²) in [5.74, 6) is 0. The molecule has 2 N–H and O–H groups in total. The van der Waals surface area contributed by atoms with Gasteiger partial charge in [-0.25, -0.2) is 4.79 Å². The zero-order valence-electron chi connectivity index (χ0n) is 8.94. The van der Waals surface area contributed by atoms with Gasteiger partial charge in [0, 0.05) is 17.3 Å². The van der Waals surface area contributed by atoms with E-state index in [1.807, 2.05) is 19.1 Å². The van der Waals surface area contributed by atoms with Crippen LogP contribution >= 0.6 is 11.6 Å². The molecule has 5 heteroatoms. The van der Waals surface area contributed by atoms with Gasteiger partial charge in [-0.05, 0) is 24.6 Å². The summed E-state index contributed by atoms with van der Waals surface area (Å²) in [6, 6.07) is 5.37. The lowest BCUT2D eigenvalue weighted by atomic mass is 10.2. The van der Waals surface area contributed by atoms with Crippen molar-refractivity contribution in [2.45, 2.75) is 13.0 Å². The normalized spacial score (nSPS) is 20.1. The van der Waals surface area contributed by atoms with Gasteiger partial charge in [0.1, 0.15) is 6.61 Å². The van der Waals surface area contributed by atoms with E-state index >= 15 is 0 Å². The van der Waals surface area contributed by atoms with Crippen molar-refractivity contribution in [2.75, 3.05) is 18.1 Å². The molecule has 1 aromatic rings. The monoisotopic (exact) mass is 240 g/mol. The minimum atomic E-state index is -0.365. The van der Waals surface area contributed by atoms with E-state index in [2.05, 4.69) is 0 Å². The van der Waals surface area contributed by atoms with E-state index in [4.69, 9.17) is 22.1 Å². The van der Waals surface area contributed by atoms with Crippen LogP contribution in [-0.2, 0) is 4.74 Å². The van der Waals surface area contributed by atoms with Crippen LogP contribution in [0.5, 0.6) is 0 Å². The lowest BCUT2D eigenvalue weighted by Crippen LogP contribution is -2.38. The average Bonchev–Trinajstić information content (AvgIpc) is 2.64. The quantitative estimate of drug-likeness (QED) is 0.860. The molecular weight excluding hydrogens is 228 g/mol. The van der Waals surface area contributed by atoms with Crippen molar-refractivity contribution >= 4 is 23.4 Å². The summed E-state index contributed by atoms with van der Waals surface area (Å²) in [5, 5.41) is 0.632. The van der Waals surface area contributed by atoms with E-state index in [1.54, 1.807) is 11.0 Å². The fraction of sp³-hybridized carbons (Fsp3) is 0.364. The molecule has 0 aliphatic carbocycles. The maximum Gasteiger partial charge on any atom is 0.414 e. The second kappa shape index (κ2) is 4.31. The molecule has 1 heterocycles. The van der Waals surface area contributed by atoms with Crippen molar-refractivity contribution in [3.8, 4) is 0 Å². The van der Waals surface area contributed by atoms with Gasteiger partial charge >= 0.3 is 6.09 Å². The van der Waals surface area contributed by atoms with Crippen molar-refractivity contribution in [1.29, 1.82) is 0 Å². The predicted octanol–water partition coefficient (Wildman–Crippen LogP) is 1.93. The first-order valence-electron chi connectivity index (χ1n) is 5.05. The zero-order valence-corrected chi connectivity index (χ0v) is 9.70. The van der Waals surface area contributed by atoms with Crippen LogP contribution < -0.4 is 10.6 Å². The molecule has 16 heavy (non-hydrogen) atoms. The number of ether oxygens (including phenoxy) is 1. The van der Waals surface area contributed by atoms with Gasteiger partial charge in [0.2, 0.25) is 0 Å². The second-order valence-corrected chi connectivity index (χ2v) is 4.18. The van der Waals surface area contributed by atoms with E-state index in [-0.39, 0.29) is 12.1 Å². The number of nitrogens with zero attached hydrogens (tertiary/aromatic N) is 1. The molecule has 0 aromatic heterocycles. The number of carbonyl (C=O) groups is 1. The number of hydrogen-bond donors (Lipinski definition) is 1. The minimum Gasteiger partial charge on any atom is -0.447 e. The molecule has 1 fully saturated rings. The van der Waals surface area contributed by atoms with Gasteiger partial charge < -0.3 is 10.5 Å². The third-order valence-electron chi connectivity index (χ3n) is 2.67. The molecule has 0 radical (unpaired) electrons. The summed E-state index contributed by atoms with van der Waals surface area (Å²) >= 11 is 6.02. The smallest absolute Gasteiger partial charge is 0.414 e. The Morgan fingerprint density at radius 3 is 3.00 bits per heavy atom. The molecule has 1 unspecified atom stereocenters. The molecule has 1 aliphatic rings. The van der Waals surface area contributed by atoms with Crippen LogP contribution in [-0.4, -0.2) is 25.3 Å². The van der Waals surface area contributed by atoms with Gasteiger partial charge in [0.05, 0.1) is 6.04 Å². The first kappa shape index (κ1) is 11.2. The van der Waals surface area contributed by atoms with Crippen molar-refractivity contribution in [3.05, 3.63) is 28.8 Å². The van der Waals surface area contributed by atoms with E-state index in [1.165, 1.54) is 0 Å². The fourth-order valence-corrected chi connectivity index (χ4v) is 1.86. The Bertz CT molecular complexity index is 422. The van der Waals surface area contributed by atoms with E-state index < -0.39 is 0 Å². The highest BCUT2D eigenvalue weighted by Crippen LogP contribution is 2.27. The second-order valence-electron chi connectivity index (χ2n) is 3.77. The van der Waals surface area contributed by atoms with Gasteiger partial charge in [-0.3, -0.25) is 4.90 Å². The number of amides is 1. The molecule has 1 aromatic carbocycles. The van der Waals surface area contributed by atoms with Crippen molar-refractivity contribution < 1.29 is 9.53 Å². The van der Waals surface area contributed by atoms with Crippen LogP contribution in [0, 0.1) is 6.92 Å². The van der Waals surface area contributed by atoms with Crippen LogP contribution in [0.15, 0.2) is 18.2 Å². The van der Waals surface area contributed by atoms with E-state index in [0.29, 0.717) is 18.2 Å². The van der Waals surface area contributed by atoms with Gasteiger partial charge in [0.25, 0.3) is 0 Å². The Labute approximate surface area is 98.9 Å². The van der Waals surface area contributed by atoms with Crippen LogP contribution in [0.2, 0.25) is 5.02 Å². The highest BCUT2D eigenvalue weighted by Gasteiger charge is 2.33. The van der Waals surface area contributed by atoms with Crippen molar-refractivity contribution in [2.24, 2.45) is 5.73 Å². The molecule has 0 bridgehead atoms. The zero-order chi connectivity index (χ0) is 11.7. The number of aryl methyl sites for hydroxylation is 1. The molecule has 0 saturated carbocycles. The average molecular weight is 241 g/mol. The van der Waals surface area contributed by atoms with Crippen LogP contribution in [0.4, 0.5) is 10.5 Å². The Hall–Kier alpha value is -1.26. The lowest BCUT2D eigenvalue weighted by molar-refractivity contribution is 0.179. The number of hydrogen-bond acceptors (Lipinski definition) is 3. The number of carbonyl (C=O) groups excluding carboxylic acids is 1. The Balaban J connectivity index is 2.35. The first-order chi connectivity index (χ1) is 7.63. The summed E-state index contributed by atoms with van der Waals surface area (Å²) in [6.45, 7) is 2.62. The van der Waals surface area contributed by atoms with Crippen molar-refractivity contribution in [3.63, 3.8) is 0 Å². The Kier molecular flexibility index (Phi) is 3.03. The summed E-state index contributed by atoms with van der Waals surface area (Å²) < 4.78 is 4.96. The summed E-state index contributed by atoms with van der Waals surface area (Å²) in [6.07, 6.45) is -0.365. The van der Waals surface area contributed by atoms with Gasteiger partial charge in [-0.15, -0.1) is 0 Å². The Morgan fingerprint density at radius 1 is 1.62 bits per heavy atom. The topological polar surface area (TPSA) is 55.6 Å².